The van der Waals surface area contributed by atoms with Gasteiger partial charge in [-0.3, -0.25) is 24.0 Å². The zero-order valence-electron chi connectivity index (χ0n) is 18.8. The van der Waals surface area contributed by atoms with E-state index in [1.54, 1.807) is 56.3 Å². The molecule has 1 saturated heterocycles. The Bertz CT molecular complexity index is 1470. The molecule has 3 aromatic heterocycles. The van der Waals surface area contributed by atoms with Crippen molar-refractivity contribution >= 4 is 34.4 Å². The van der Waals surface area contributed by atoms with Crippen molar-refractivity contribution in [1.82, 2.24) is 29.5 Å². The normalized spacial score (nSPS) is 15.8. The number of benzene rings is 1. The molecule has 4 heterocycles. The van der Waals surface area contributed by atoms with Gasteiger partial charge in [0.2, 0.25) is 17.8 Å². The molecule has 34 heavy (non-hydrogen) atoms. The molecule has 0 aliphatic carbocycles. The van der Waals surface area contributed by atoms with E-state index < -0.39 is 5.92 Å². The summed E-state index contributed by atoms with van der Waals surface area (Å²) < 4.78 is 8.01. The second-order valence-electron chi connectivity index (χ2n) is 8.07. The molecule has 0 spiro atoms. The van der Waals surface area contributed by atoms with Crippen molar-refractivity contribution in [3.8, 4) is 11.7 Å². The number of rotatable bonds is 5. The van der Waals surface area contributed by atoms with E-state index in [2.05, 4.69) is 25.5 Å². The van der Waals surface area contributed by atoms with Gasteiger partial charge in [0, 0.05) is 31.8 Å². The number of anilines is 2. The van der Waals surface area contributed by atoms with Gasteiger partial charge in [-0.05, 0) is 31.2 Å². The van der Waals surface area contributed by atoms with Crippen molar-refractivity contribution in [2.45, 2.75) is 13.3 Å². The van der Waals surface area contributed by atoms with Crippen LogP contribution in [0.25, 0.3) is 17.0 Å². The number of fused-ring (bicyclic) bond motifs is 1. The minimum atomic E-state index is -0.551. The maximum absolute atomic E-state index is 13.1. The number of aromatic nitrogens is 6. The van der Waals surface area contributed by atoms with Gasteiger partial charge in [0.15, 0.2) is 5.65 Å². The summed E-state index contributed by atoms with van der Waals surface area (Å²) in [6.07, 6.45) is 1.52. The Hall–Kier alpha value is -4.48. The molecule has 2 N–H and O–H groups in total. The first-order valence-electron chi connectivity index (χ1n) is 10.6. The van der Waals surface area contributed by atoms with E-state index in [-0.39, 0.29) is 36.3 Å². The summed E-state index contributed by atoms with van der Waals surface area (Å²) >= 11 is 0. The summed E-state index contributed by atoms with van der Waals surface area (Å²) in [7, 11) is 3.25. The first-order chi connectivity index (χ1) is 16.3. The minimum Gasteiger partial charge on any atom is -0.497 e. The lowest BCUT2D eigenvalue weighted by molar-refractivity contribution is -0.122. The number of ether oxygens (including phenoxy) is 1. The predicted molar refractivity (Wildman–Crippen MR) is 123 cm³/mol. The Balaban J connectivity index is 1.38. The molecule has 5 rings (SSSR count). The van der Waals surface area contributed by atoms with Crippen LogP contribution >= 0.6 is 0 Å². The number of hydrogen-bond acceptors (Lipinski definition) is 7. The third-order valence-corrected chi connectivity index (χ3v) is 5.75. The molecule has 4 aromatic rings. The molecule has 0 bridgehead atoms. The van der Waals surface area contributed by atoms with E-state index >= 15 is 0 Å². The SMILES string of the molecule is COc1ccc(N2CC(C(=O)Nc3cc(C)nn3-c3nc4c(cnn4C)c(=O)[nH]3)CC2=O)cc1. The van der Waals surface area contributed by atoms with Crippen molar-refractivity contribution in [3.05, 3.63) is 52.6 Å². The largest absolute Gasteiger partial charge is 0.497 e. The molecule has 1 atom stereocenters. The highest BCUT2D eigenvalue weighted by atomic mass is 16.5. The van der Waals surface area contributed by atoms with Gasteiger partial charge in [-0.1, -0.05) is 0 Å². The standard InChI is InChI=1S/C22H22N8O4/c1-12-8-17(30(27-12)22-25-19-16(21(33)26-22)10-23-28(19)2)24-20(32)13-9-18(31)29(11-13)14-4-6-15(34-3)7-5-14/h4-8,10,13H,9,11H2,1-3H3,(H,24,32)(H,25,26,33). The van der Waals surface area contributed by atoms with Gasteiger partial charge in [-0.15, -0.1) is 0 Å². The zero-order chi connectivity index (χ0) is 24.0. The molecule has 12 nitrogen and oxygen atoms in total. The van der Waals surface area contributed by atoms with Gasteiger partial charge in [0.1, 0.15) is 17.0 Å². The van der Waals surface area contributed by atoms with Crippen molar-refractivity contribution in [1.29, 1.82) is 0 Å². The number of amides is 2. The number of methoxy groups -OCH3 is 1. The maximum atomic E-state index is 13.1. The minimum absolute atomic E-state index is 0.0844. The molecule has 0 radical (unpaired) electrons. The monoisotopic (exact) mass is 462 g/mol. The van der Waals surface area contributed by atoms with Crippen LogP contribution in [-0.4, -0.2) is 55.0 Å². The van der Waals surface area contributed by atoms with E-state index in [1.807, 2.05) is 0 Å². The highest BCUT2D eigenvalue weighted by molar-refractivity contribution is 6.03. The molecule has 1 aliphatic heterocycles. The molecule has 1 fully saturated rings. The lowest BCUT2D eigenvalue weighted by Gasteiger charge is -2.17. The number of nitrogens with zero attached hydrogens (tertiary/aromatic N) is 6. The van der Waals surface area contributed by atoms with Crippen molar-refractivity contribution < 1.29 is 14.3 Å². The Morgan fingerprint density at radius 3 is 2.74 bits per heavy atom. The quantitative estimate of drug-likeness (QED) is 0.453. The summed E-state index contributed by atoms with van der Waals surface area (Å²) in [6, 6.07) is 8.77. The summed E-state index contributed by atoms with van der Waals surface area (Å²) in [6.45, 7) is 2.01. The van der Waals surface area contributed by atoms with E-state index in [4.69, 9.17) is 4.74 Å². The highest BCUT2D eigenvalue weighted by Crippen LogP contribution is 2.28. The second-order valence-corrected chi connectivity index (χ2v) is 8.07. The van der Waals surface area contributed by atoms with Gasteiger partial charge in [0.25, 0.3) is 5.56 Å². The fraction of sp³-hybridized carbons (Fsp3) is 0.273. The van der Waals surface area contributed by atoms with E-state index in [1.165, 1.54) is 15.6 Å². The van der Waals surface area contributed by atoms with E-state index in [0.29, 0.717) is 34.0 Å². The Morgan fingerprint density at radius 1 is 1.24 bits per heavy atom. The Labute approximate surface area is 193 Å². The first-order valence-corrected chi connectivity index (χ1v) is 10.6. The average molecular weight is 462 g/mol. The summed E-state index contributed by atoms with van der Waals surface area (Å²) in [5.41, 5.74) is 1.34. The van der Waals surface area contributed by atoms with Crippen molar-refractivity contribution in [2.75, 3.05) is 23.9 Å². The molecule has 1 aromatic carbocycles. The fourth-order valence-corrected chi connectivity index (χ4v) is 3.99. The molecule has 174 valence electrons. The van der Waals surface area contributed by atoms with Crippen LogP contribution in [0.15, 0.2) is 41.3 Å². The molecule has 12 heteroatoms. The number of carbonyl (C=O) groups excluding carboxylic acids is 2. The number of aryl methyl sites for hydroxylation is 2. The van der Waals surface area contributed by atoms with Gasteiger partial charge in [-0.2, -0.15) is 19.9 Å². The number of aromatic amines is 1. The molecule has 1 aliphatic rings. The molecule has 0 saturated carbocycles. The van der Waals surface area contributed by atoms with E-state index in [9.17, 15) is 14.4 Å². The smallest absolute Gasteiger partial charge is 0.263 e. The summed E-state index contributed by atoms with van der Waals surface area (Å²) in [5, 5.41) is 11.6. The first kappa shape index (κ1) is 21.4. The molecular weight excluding hydrogens is 440 g/mol. The molecular formula is C22H22N8O4. The lowest BCUT2D eigenvalue weighted by Crippen LogP contribution is -2.28. The third-order valence-electron chi connectivity index (χ3n) is 5.75. The van der Waals surface area contributed by atoms with Crippen LogP contribution in [0.2, 0.25) is 0 Å². The maximum Gasteiger partial charge on any atom is 0.263 e. The second kappa shape index (κ2) is 8.14. The fourth-order valence-electron chi connectivity index (χ4n) is 3.99. The summed E-state index contributed by atoms with van der Waals surface area (Å²) in [5.74, 6) is 0.153. The highest BCUT2D eigenvalue weighted by Gasteiger charge is 2.35. The lowest BCUT2D eigenvalue weighted by atomic mass is 10.1. The van der Waals surface area contributed by atoms with Crippen LogP contribution in [0.3, 0.4) is 0 Å². The van der Waals surface area contributed by atoms with Crippen molar-refractivity contribution in [2.24, 2.45) is 13.0 Å². The van der Waals surface area contributed by atoms with Crippen LogP contribution in [0.5, 0.6) is 5.75 Å². The van der Waals surface area contributed by atoms with Crippen molar-refractivity contribution in [3.63, 3.8) is 0 Å². The van der Waals surface area contributed by atoms with Gasteiger partial charge >= 0.3 is 0 Å². The third kappa shape index (κ3) is 3.68. The Morgan fingerprint density at radius 2 is 2.00 bits per heavy atom. The predicted octanol–water partition coefficient (Wildman–Crippen LogP) is 1.15. The van der Waals surface area contributed by atoms with Crippen LogP contribution in [0.4, 0.5) is 11.5 Å². The topological polar surface area (TPSA) is 140 Å². The number of nitrogens with one attached hydrogen (secondary N) is 2. The van der Waals surface area contributed by atoms with Gasteiger partial charge in [0.05, 0.1) is 24.9 Å². The average Bonchev–Trinajstić information content (AvgIpc) is 3.51. The summed E-state index contributed by atoms with van der Waals surface area (Å²) in [4.78, 5) is 46.8. The van der Waals surface area contributed by atoms with Crippen LogP contribution in [-0.2, 0) is 16.6 Å². The number of H-pyrrole nitrogens is 1. The zero-order valence-corrected chi connectivity index (χ0v) is 18.8. The Kier molecular flexibility index (Phi) is 5.11. The number of carbonyl (C=O) groups is 2. The van der Waals surface area contributed by atoms with Gasteiger partial charge < -0.3 is 15.0 Å². The van der Waals surface area contributed by atoms with Crippen LogP contribution < -0.4 is 20.5 Å². The molecule has 2 amide bonds. The van der Waals surface area contributed by atoms with Crippen LogP contribution in [0, 0.1) is 12.8 Å². The molecule has 1 unspecified atom stereocenters. The van der Waals surface area contributed by atoms with Crippen LogP contribution in [0.1, 0.15) is 12.1 Å². The number of hydrogen-bond donors (Lipinski definition) is 2. The van der Waals surface area contributed by atoms with E-state index in [0.717, 1.165) is 0 Å². The van der Waals surface area contributed by atoms with Gasteiger partial charge in [-0.25, -0.2) is 0 Å².